The number of pyridine rings is 1. The summed E-state index contributed by atoms with van der Waals surface area (Å²) in [6, 6.07) is 1.59. The summed E-state index contributed by atoms with van der Waals surface area (Å²) in [5, 5.41) is 2.44. The number of nitrogens with one attached hydrogen (secondary N) is 1. The van der Waals surface area contributed by atoms with Crippen molar-refractivity contribution in [2.24, 2.45) is 0 Å². The average Bonchev–Trinajstić information content (AvgIpc) is 3.18. The summed E-state index contributed by atoms with van der Waals surface area (Å²) in [7, 11) is -4.00. The van der Waals surface area contributed by atoms with Gasteiger partial charge in [-0.1, -0.05) is 12.8 Å². The average molecular weight is 377 g/mol. The standard InChI is InChI=1S/C14H14F3N3O2S2/c15-14(16,17)11-4-3-10(9-19-11)24(21,22)20-13(5-1-2-6-13)12-18-7-8-23-12/h3-4,7-9,20H,1-2,5-6H2. The lowest BCUT2D eigenvalue weighted by Crippen LogP contribution is -2.43. The fraction of sp³-hybridized carbons (Fsp3) is 0.429. The molecule has 1 aliphatic carbocycles. The van der Waals surface area contributed by atoms with Gasteiger partial charge in [0.05, 0.1) is 5.54 Å². The fourth-order valence-electron chi connectivity index (χ4n) is 2.82. The minimum absolute atomic E-state index is 0.293. The van der Waals surface area contributed by atoms with E-state index in [1.807, 2.05) is 0 Å². The number of aromatic nitrogens is 2. The summed E-state index contributed by atoms with van der Waals surface area (Å²) >= 11 is 1.36. The van der Waals surface area contributed by atoms with E-state index in [0.29, 0.717) is 23.9 Å². The molecule has 2 aromatic rings. The van der Waals surface area contributed by atoms with Crippen LogP contribution in [0.25, 0.3) is 0 Å². The molecule has 1 saturated carbocycles. The van der Waals surface area contributed by atoms with Gasteiger partial charge in [-0.25, -0.2) is 13.4 Å². The topological polar surface area (TPSA) is 72.0 Å². The van der Waals surface area contributed by atoms with Crippen LogP contribution in [0.15, 0.2) is 34.8 Å². The zero-order chi connectivity index (χ0) is 17.4. The smallest absolute Gasteiger partial charge is 0.250 e. The minimum Gasteiger partial charge on any atom is -0.250 e. The Morgan fingerprint density at radius 2 is 1.88 bits per heavy atom. The third kappa shape index (κ3) is 3.31. The molecule has 0 bridgehead atoms. The zero-order valence-corrected chi connectivity index (χ0v) is 14.0. The van der Waals surface area contributed by atoms with E-state index in [2.05, 4.69) is 14.7 Å². The molecule has 24 heavy (non-hydrogen) atoms. The van der Waals surface area contributed by atoms with Gasteiger partial charge in [0.2, 0.25) is 10.0 Å². The van der Waals surface area contributed by atoms with Gasteiger partial charge in [0.25, 0.3) is 0 Å². The Morgan fingerprint density at radius 1 is 1.17 bits per heavy atom. The Kier molecular flexibility index (Phi) is 4.39. The van der Waals surface area contributed by atoms with E-state index in [-0.39, 0.29) is 4.90 Å². The van der Waals surface area contributed by atoms with E-state index in [1.165, 1.54) is 11.3 Å². The van der Waals surface area contributed by atoms with Crippen LogP contribution in [-0.2, 0) is 21.7 Å². The van der Waals surface area contributed by atoms with Crippen LogP contribution < -0.4 is 4.72 Å². The highest BCUT2D eigenvalue weighted by molar-refractivity contribution is 7.89. The molecule has 0 radical (unpaired) electrons. The lowest BCUT2D eigenvalue weighted by Gasteiger charge is -2.27. The molecule has 0 spiro atoms. The van der Waals surface area contributed by atoms with Crippen molar-refractivity contribution in [3.05, 3.63) is 40.6 Å². The van der Waals surface area contributed by atoms with Crippen molar-refractivity contribution in [2.75, 3.05) is 0 Å². The second-order valence-electron chi connectivity index (χ2n) is 5.61. The molecule has 0 atom stereocenters. The lowest BCUT2D eigenvalue weighted by molar-refractivity contribution is -0.141. The molecule has 5 nitrogen and oxygen atoms in total. The van der Waals surface area contributed by atoms with Crippen LogP contribution >= 0.6 is 11.3 Å². The summed E-state index contributed by atoms with van der Waals surface area (Å²) < 4.78 is 65.5. The number of thiazole rings is 1. The maximum Gasteiger partial charge on any atom is 0.433 e. The van der Waals surface area contributed by atoms with Gasteiger partial charge in [0.1, 0.15) is 15.6 Å². The Bertz CT molecular complexity index is 797. The predicted molar refractivity (Wildman–Crippen MR) is 81.8 cm³/mol. The number of hydrogen-bond acceptors (Lipinski definition) is 5. The van der Waals surface area contributed by atoms with Crippen LogP contribution in [0.2, 0.25) is 0 Å². The van der Waals surface area contributed by atoms with E-state index in [0.717, 1.165) is 25.1 Å². The molecule has 0 aromatic carbocycles. The summed E-state index contributed by atoms with van der Waals surface area (Å²) in [5.74, 6) is 0. The maximum atomic E-state index is 12.6. The first kappa shape index (κ1) is 17.3. The van der Waals surface area contributed by atoms with E-state index in [9.17, 15) is 21.6 Å². The van der Waals surface area contributed by atoms with Crippen molar-refractivity contribution < 1.29 is 21.6 Å². The van der Waals surface area contributed by atoms with Gasteiger partial charge < -0.3 is 0 Å². The van der Waals surface area contributed by atoms with Crippen molar-refractivity contribution in [3.8, 4) is 0 Å². The monoisotopic (exact) mass is 377 g/mol. The second kappa shape index (κ2) is 6.08. The van der Waals surface area contributed by atoms with Crippen LogP contribution in [0, 0.1) is 0 Å². The Labute approximate surface area is 141 Å². The SMILES string of the molecule is O=S(=O)(NC1(c2nccs2)CCCC1)c1ccc(C(F)(F)F)nc1. The zero-order valence-electron chi connectivity index (χ0n) is 12.4. The normalized spacial score (nSPS) is 18.0. The molecule has 0 unspecified atom stereocenters. The first-order valence-corrected chi connectivity index (χ1v) is 9.56. The molecule has 1 N–H and O–H groups in total. The highest BCUT2D eigenvalue weighted by atomic mass is 32.2. The van der Waals surface area contributed by atoms with Crippen LogP contribution in [0.1, 0.15) is 36.4 Å². The Morgan fingerprint density at radius 3 is 2.38 bits per heavy atom. The Hall–Kier alpha value is -1.52. The molecule has 0 saturated heterocycles. The van der Waals surface area contributed by atoms with Crippen LogP contribution in [0.4, 0.5) is 13.2 Å². The molecular formula is C14H14F3N3O2S2. The molecule has 0 aliphatic heterocycles. The Balaban J connectivity index is 1.90. The second-order valence-corrected chi connectivity index (χ2v) is 8.19. The molecule has 2 heterocycles. The number of halogens is 3. The first-order valence-electron chi connectivity index (χ1n) is 7.20. The largest absolute Gasteiger partial charge is 0.433 e. The molecular weight excluding hydrogens is 363 g/mol. The van der Waals surface area contributed by atoms with Crippen molar-refractivity contribution in [2.45, 2.75) is 42.3 Å². The van der Waals surface area contributed by atoms with Gasteiger partial charge in [-0.3, -0.25) is 4.98 Å². The third-order valence-electron chi connectivity index (χ3n) is 3.97. The molecule has 10 heteroatoms. The van der Waals surface area contributed by atoms with Crippen LogP contribution in [0.3, 0.4) is 0 Å². The van der Waals surface area contributed by atoms with Gasteiger partial charge in [0, 0.05) is 17.8 Å². The number of alkyl halides is 3. The first-order chi connectivity index (χ1) is 11.2. The number of rotatable bonds is 4. The van der Waals surface area contributed by atoms with Gasteiger partial charge in [-0.05, 0) is 25.0 Å². The molecule has 3 rings (SSSR count). The summed E-state index contributed by atoms with van der Waals surface area (Å²) in [5.41, 5.74) is -1.92. The van der Waals surface area contributed by atoms with Gasteiger partial charge in [-0.15, -0.1) is 11.3 Å². The summed E-state index contributed by atoms with van der Waals surface area (Å²) in [6.45, 7) is 0. The summed E-state index contributed by atoms with van der Waals surface area (Å²) in [6.07, 6.45) is 0.648. The third-order valence-corrected chi connectivity index (χ3v) is 6.46. The lowest BCUT2D eigenvalue weighted by atomic mass is 10.0. The molecule has 1 aliphatic rings. The number of sulfonamides is 1. The minimum atomic E-state index is -4.61. The highest BCUT2D eigenvalue weighted by Gasteiger charge is 2.42. The number of nitrogens with zero attached hydrogens (tertiary/aromatic N) is 2. The quantitative estimate of drug-likeness (QED) is 0.887. The molecule has 130 valence electrons. The van der Waals surface area contributed by atoms with E-state index in [1.54, 1.807) is 11.6 Å². The summed E-state index contributed by atoms with van der Waals surface area (Å²) in [4.78, 5) is 7.15. The highest BCUT2D eigenvalue weighted by Crippen LogP contribution is 2.40. The number of hydrogen-bond donors (Lipinski definition) is 1. The predicted octanol–water partition coefficient (Wildman–Crippen LogP) is 3.30. The van der Waals surface area contributed by atoms with Crippen molar-refractivity contribution >= 4 is 21.4 Å². The van der Waals surface area contributed by atoms with Crippen LogP contribution in [-0.4, -0.2) is 18.4 Å². The van der Waals surface area contributed by atoms with Gasteiger partial charge >= 0.3 is 6.18 Å². The fourth-order valence-corrected chi connectivity index (χ4v) is 5.11. The van der Waals surface area contributed by atoms with E-state index >= 15 is 0 Å². The molecule has 0 amide bonds. The van der Waals surface area contributed by atoms with E-state index in [4.69, 9.17) is 0 Å². The van der Waals surface area contributed by atoms with E-state index < -0.39 is 27.4 Å². The van der Waals surface area contributed by atoms with Crippen molar-refractivity contribution in [3.63, 3.8) is 0 Å². The van der Waals surface area contributed by atoms with Crippen molar-refractivity contribution in [1.82, 2.24) is 14.7 Å². The molecule has 1 fully saturated rings. The molecule has 2 aromatic heterocycles. The van der Waals surface area contributed by atoms with Crippen LogP contribution in [0.5, 0.6) is 0 Å². The maximum absolute atomic E-state index is 12.6. The van der Waals surface area contributed by atoms with Gasteiger partial charge in [-0.2, -0.15) is 17.9 Å². The van der Waals surface area contributed by atoms with Crippen molar-refractivity contribution in [1.29, 1.82) is 0 Å². The van der Waals surface area contributed by atoms with Gasteiger partial charge in [0.15, 0.2) is 0 Å².